The number of benzene rings is 1. The summed E-state index contributed by atoms with van der Waals surface area (Å²) in [5.41, 5.74) is 5.75. The van der Waals surface area contributed by atoms with Crippen molar-refractivity contribution >= 4 is 23.0 Å². The molecular weight excluding hydrogens is 280 g/mol. The third kappa shape index (κ3) is 3.82. The maximum atomic E-state index is 5.40. The first-order valence-corrected chi connectivity index (χ1v) is 7.42. The average Bonchev–Trinajstić information content (AvgIpc) is 2.68. The summed E-state index contributed by atoms with van der Waals surface area (Å²) >= 11 is 5.40. The zero-order valence-electron chi connectivity index (χ0n) is 13.2. The van der Waals surface area contributed by atoms with Crippen molar-refractivity contribution in [1.29, 1.82) is 0 Å². The van der Waals surface area contributed by atoms with E-state index in [0.717, 1.165) is 16.9 Å². The van der Waals surface area contributed by atoms with Crippen LogP contribution in [0.25, 0.3) is 0 Å². The van der Waals surface area contributed by atoms with E-state index in [4.69, 9.17) is 12.2 Å². The average molecular weight is 302 g/mol. The lowest BCUT2D eigenvalue weighted by atomic mass is 10.1. The van der Waals surface area contributed by atoms with Crippen molar-refractivity contribution in [3.63, 3.8) is 0 Å². The van der Waals surface area contributed by atoms with Crippen molar-refractivity contribution in [2.24, 2.45) is 7.05 Å². The number of aromatic nitrogens is 2. The molecule has 5 heteroatoms. The van der Waals surface area contributed by atoms with Gasteiger partial charge in [0.2, 0.25) is 0 Å². The van der Waals surface area contributed by atoms with Crippen LogP contribution < -0.4 is 10.6 Å². The molecule has 0 spiro atoms. The first-order valence-electron chi connectivity index (χ1n) is 7.01. The minimum atomic E-state index is 0.115. The number of hydrogen-bond acceptors (Lipinski definition) is 2. The van der Waals surface area contributed by atoms with Gasteiger partial charge in [0.25, 0.3) is 0 Å². The molecule has 1 atom stereocenters. The Balaban J connectivity index is 2.03. The Hall–Kier alpha value is -1.88. The highest BCUT2D eigenvalue weighted by Gasteiger charge is 2.13. The Morgan fingerprint density at radius 2 is 1.81 bits per heavy atom. The Morgan fingerprint density at radius 3 is 2.33 bits per heavy atom. The fourth-order valence-corrected chi connectivity index (χ4v) is 2.72. The van der Waals surface area contributed by atoms with Crippen LogP contribution in [0.15, 0.2) is 24.4 Å². The third-order valence-electron chi connectivity index (χ3n) is 3.57. The van der Waals surface area contributed by atoms with Crippen molar-refractivity contribution in [3.05, 3.63) is 46.8 Å². The number of aryl methyl sites for hydroxylation is 3. The highest BCUT2D eigenvalue weighted by Crippen LogP contribution is 2.17. The first-order chi connectivity index (χ1) is 9.86. The molecular formula is C16H22N4S. The van der Waals surface area contributed by atoms with E-state index >= 15 is 0 Å². The third-order valence-corrected chi connectivity index (χ3v) is 3.79. The smallest absolute Gasteiger partial charge is 0.171 e. The van der Waals surface area contributed by atoms with Crippen LogP contribution in [0.4, 0.5) is 5.69 Å². The molecule has 0 aliphatic rings. The summed E-state index contributed by atoms with van der Waals surface area (Å²) in [7, 11) is 1.94. The fourth-order valence-electron chi connectivity index (χ4n) is 2.43. The van der Waals surface area contributed by atoms with Gasteiger partial charge in [-0.05, 0) is 63.2 Å². The lowest BCUT2D eigenvalue weighted by molar-refractivity contribution is 0.701. The van der Waals surface area contributed by atoms with Crippen molar-refractivity contribution in [2.45, 2.75) is 33.7 Å². The van der Waals surface area contributed by atoms with E-state index in [-0.39, 0.29) is 6.04 Å². The monoisotopic (exact) mass is 302 g/mol. The van der Waals surface area contributed by atoms with Crippen LogP contribution in [0, 0.1) is 20.8 Å². The normalized spacial score (nSPS) is 12.0. The summed E-state index contributed by atoms with van der Waals surface area (Å²) in [6.07, 6.45) is 1.88. The van der Waals surface area contributed by atoms with Crippen molar-refractivity contribution < 1.29 is 0 Å². The quantitative estimate of drug-likeness (QED) is 0.853. The van der Waals surface area contributed by atoms with Crippen LogP contribution in [0.3, 0.4) is 0 Å². The molecule has 4 nitrogen and oxygen atoms in total. The summed E-state index contributed by atoms with van der Waals surface area (Å²) < 4.78 is 1.87. The minimum absolute atomic E-state index is 0.115. The molecule has 1 aromatic carbocycles. The molecule has 0 bridgehead atoms. The van der Waals surface area contributed by atoms with Gasteiger partial charge in [-0.25, -0.2) is 0 Å². The predicted molar refractivity (Wildman–Crippen MR) is 91.6 cm³/mol. The Labute approximate surface area is 131 Å². The van der Waals surface area contributed by atoms with Crippen LogP contribution in [-0.4, -0.2) is 14.9 Å². The summed E-state index contributed by atoms with van der Waals surface area (Å²) in [6.45, 7) is 8.30. The molecule has 1 heterocycles. The molecule has 21 heavy (non-hydrogen) atoms. The summed E-state index contributed by atoms with van der Waals surface area (Å²) in [4.78, 5) is 0. The van der Waals surface area contributed by atoms with Crippen molar-refractivity contribution in [1.82, 2.24) is 15.1 Å². The molecule has 2 N–H and O–H groups in total. The summed E-state index contributed by atoms with van der Waals surface area (Å²) in [5, 5.41) is 11.4. The van der Waals surface area contributed by atoms with Gasteiger partial charge in [-0.1, -0.05) is 6.07 Å². The standard InChI is InChI=1S/C16H22N4S/c1-10-6-11(2)8-14(7-10)19-16(21)18-12(3)15-9-17-20(5)13(15)4/h6-9,12H,1-5H3,(H2,18,19,21). The van der Waals surface area contributed by atoms with Crippen LogP contribution in [0.2, 0.25) is 0 Å². The van der Waals surface area contributed by atoms with E-state index in [1.807, 2.05) is 17.9 Å². The van der Waals surface area contributed by atoms with Gasteiger partial charge in [-0.3, -0.25) is 4.68 Å². The number of anilines is 1. The van der Waals surface area contributed by atoms with E-state index in [1.54, 1.807) is 0 Å². The predicted octanol–water partition coefficient (Wildman–Crippen LogP) is 3.39. The molecule has 0 saturated carbocycles. The Kier molecular flexibility index (Phi) is 4.63. The van der Waals surface area contributed by atoms with Gasteiger partial charge >= 0.3 is 0 Å². The Bertz CT molecular complexity index is 640. The first kappa shape index (κ1) is 15.5. The van der Waals surface area contributed by atoms with Crippen molar-refractivity contribution in [3.8, 4) is 0 Å². The van der Waals surface area contributed by atoms with Crippen LogP contribution >= 0.6 is 12.2 Å². The van der Waals surface area contributed by atoms with Gasteiger partial charge in [0, 0.05) is 24.0 Å². The molecule has 0 aliphatic heterocycles. The number of rotatable bonds is 3. The zero-order chi connectivity index (χ0) is 15.6. The topological polar surface area (TPSA) is 41.9 Å². The zero-order valence-corrected chi connectivity index (χ0v) is 14.0. The lowest BCUT2D eigenvalue weighted by Crippen LogP contribution is -2.31. The van der Waals surface area contributed by atoms with E-state index in [0.29, 0.717) is 5.11 Å². The van der Waals surface area contributed by atoms with Gasteiger partial charge < -0.3 is 10.6 Å². The summed E-state index contributed by atoms with van der Waals surface area (Å²) in [5.74, 6) is 0. The maximum absolute atomic E-state index is 5.40. The molecule has 1 unspecified atom stereocenters. The van der Waals surface area contributed by atoms with E-state index in [2.05, 4.69) is 61.6 Å². The SMILES string of the molecule is Cc1cc(C)cc(NC(=S)NC(C)c2cnn(C)c2C)c1. The molecule has 112 valence electrons. The second-order valence-corrected chi connectivity index (χ2v) is 5.91. The van der Waals surface area contributed by atoms with Gasteiger partial charge in [-0.2, -0.15) is 5.10 Å². The second kappa shape index (κ2) is 6.26. The van der Waals surface area contributed by atoms with Gasteiger partial charge in [-0.15, -0.1) is 0 Å². The Morgan fingerprint density at radius 1 is 1.19 bits per heavy atom. The molecule has 0 aliphatic carbocycles. The van der Waals surface area contributed by atoms with Gasteiger partial charge in [0.1, 0.15) is 0 Å². The van der Waals surface area contributed by atoms with Crippen LogP contribution in [0.1, 0.15) is 35.3 Å². The van der Waals surface area contributed by atoms with Gasteiger partial charge in [0.15, 0.2) is 5.11 Å². The second-order valence-electron chi connectivity index (χ2n) is 5.51. The number of nitrogens with one attached hydrogen (secondary N) is 2. The van der Waals surface area contributed by atoms with E-state index in [1.165, 1.54) is 11.1 Å². The molecule has 0 radical (unpaired) electrons. The highest BCUT2D eigenvalue weighted by molar-refractivity contribution is 7.80. The lowest BCUT2D eigenvalue weighted by Gasteiger charge is -2.17. The molecule has 0 fully saturated rings. The van der Waals surface area contributed by atoms with Crippen LogP contribution in [-0.2, 0) is 7.05 Å². The minimum Gasteiger partial charge on any atom is -0.356 e. The van der Waals surface area contributed by atoms with Gasteiger partial charge in [0.05, 0.1) is 12.2 Å². The largest absolute Gasteiger partial charge is 0.356 e. The molecule has 2 aromatic rings. The van der Waals surface area contributed by atoms with Crippen molar-refractivity contribution in [2.75, 3.05) is 5.32 Å². The summed E-state index contributed by atoms with van der Waals surface area (Å²) in [6, 6.07) is 6.43. The highest BCUT2D eigenvalue weighted by atomic mass is 32.1. The number of hydrogen-bond donors (Lipinski definition) is 2. The van der Waals surface area contributed by atoms with E-state index in [9.17, 15) is 0 Å². The molecule has 1 aromatic heterocycles. The fraction of sp³-hybridized carbons (Fsp3) is 0.375. The van der Waals surface area contributed by atoms with E-state index < -0.39 is 0 Å². The maximum Gasteiger partial charge on any atom is 0.171 e. The molecule has 0 amide bonds. The number of nitrogens with zero attached hydrogens (tertiary/aromatic N) is 2. The number of thiocarbonyl (C=S) groups is 1. The molecule has 0 saturated heterocycles. The molecule has 2 rings (SSSR count). The van der Waals surface area contributed by atoms with Crippen LogP contribution in [0.5, 0.6) is 0 Å².